The van der Waals surface area contributed by atoms with Gasteiger partial charge in [-0.1, -0.05) is 11.3 Å². The van der Waals surface area contributed by atoms with Gasteiger partial charge in [-0.3, -0.25) is 10.1 Å². The number of aromatic nitrogens is 2. The van der Waals surface area contributed by atoms with E-state index in [2.05, 4.69) is 15.5 Å². The molecule has 0 aliphatic rings. The first-order valence-electron chi connectivity index (χ1n) is 4.23. The van der Waals surface area contributed by atoms with Crippen molar-refractivity contribution in [2.24, 2.45) is 0 Å². The molecule has 0 atom stereocenters. The van der Waals surface area contributed by atoms with Crippen LogP contribution in [0.1, 0.15) is 10.4 Å². The molecule has 0 fully saturated rings. The van der Waals surface area contributed by atoms with Crippen LogP contribution in [0, 0.1) is 5.82 Å². The number of carbonyl (C=O) groups is 1. The Morgan fingerprint density at radius 1 is 1.50 bits per heavy atom. The Bertz CT molecular complexity index is 515. The Labute approximate surface area is 93.6 Å². The number of benzene rings is 1. The summed E-state index contributed by atoms with van der Waals surface area (Å²) < 4.78 is 13.3. The zero-order valence-electron chi connectivity index (χ0n) is 7.85. The Hall–Kier alpha value is -2.02. The number of nitrogens with zero attached hydrogens (tertiary/aromatic N) is 2. The highest BCUT2D eigenvalue weighted by Gasteiger charge is 2.13. The monoisotopic (exact) mass is 239 g/mol. The molecule has 16 heavy (non-hydrogen) atoms. The molecular weight excluding hydrogens is 233 g/mol. The van der Waals surface area contributed by atoms with Gasteiger partial charge in [0.15, 0.2) is 0 Å². The van der Waals surface area contributed by atoms with Crippen molar-refractivity contribution in [1.29, 1.82) is 0 Å². The fraction of sp³-hybridized carbons (Fsp3) is 0. The van der Waals surface area contributed by atoms with Gasteiger partial charge in [0.25, 0.3) is 5.91 Å². The van der Waals surface area contributed by atoms with Crippen molar-refractivity contribution in [1.82, 2.24) is 10.2 Å². The van der Waals surface area contributed by atoms with Crippen molar-refractivity contribution in [2.45, 2.75) is 0 Å². The minimum atomic E-state index is -0.790. The molecule has 1 amide bonds. The Kier molecular flexibility index (Phi) is 2.78. The third-order valence-electron chi connectivity index (χ3n) is 1.78. The van der Waals surface area contributed by atoms with Gasteiger partial charge in [0.2, 0.25) is 5.13 Å². The first-order valence-corrected chi connectivity index (χ1v) is 5.11. The number of halogens is 1. The zero-order valence-corrected chi connectivity index (χ0v) is 8.66. The standard InChI is InChI=1S/C9H6FN3O2S/c10-7-3-5(14)1-2-6(7)8(15)12-9-13-11-4-16-9/h1-4,14H,(H,12,13,15). The van der Waals surface area contributed by atoms with Crippen molar-refractivity contribution in [3.05, 3.63) is 35.1 Å². The van der Waals surface area contributed by atoms with Gasteiger partial charge >= 0.3 is 0 Å². The van der Waals surface area contributed by atoms with Gasteiger partial charge in [0.05, 0.1) is 5.56 Å². The lowest BCUT2D eigenvalue weighted by Crippen LogP contribution is -2.13. The van der Waals surface area contributed by atoms with Crippen LogP contribution in [-0.4, -0.2) is 21.2 Å². The van der Waals surface area contributed by atoms with Gasteiger partial charge in [0, 0.05) is 6.07 Å². The summed E-state index contributed by atoms with van der Waals surface area (Å²) in [7, 11) is 0. The van der Waals surface area contributed by atoms with Crippen molar-refractivity contribution in [2.75, 3.05) is 5.32 Å². The van der Waals surface area contributed by atoms with E-state index in [1.54, 1.807) is 0 Å². The lowest BCUT2D eigenvalue weighted by molar-refractivity contribution is 0.102. The van der Waals surface area contributed by atoms with E-state index < -0.39 is 11.7 Å². The van der Waals surface area contributed by atoms with E-state index >= 15 is 0 Å². The molecular formula is C9H6FN3O2S. The minimum Gasteiger partial charge on any atom is -0.508 e. The fourth-order valence-electron chi connectivity index (χ4n) is 1.08. The highest BCUT2D eigenvalue weighted by atomic mass is 32.1. The van der Waals surface area contributed by atoms with E-state index in [1.807, 2.05) is 0 Å². The number of anilines is 1. The Morgan fingerprint density at radius 3 is 2.94 bits per heavy atom. The summed E-state index contributed by atoms with van der Waals surface area (Å²) in [5.74, 6) is -1.65. The zero-order chi connectivity index (χ0) is 11.5. The molecule has 1 heterocycles. The third kappa shape index (κ3) is 2.14. The molecule has 0 radical (unpaired) electrons. The maximum atomic E-state index is 13.3. The molecule has 1 aromatic heterocycles. The van der Waals surface area contributed by atoms with Crippen LogP contribution >= 0.6 is 11.3 Å². The van der Waals surface area contributed by atoms with Crippen LogP contribution in [0.4, 0.5) is 9.52 Å². The number of rotatable bonds is 2. The summed E-state index contributed by atoms with van der Waals surface area (Å²) in [5.41, 5.74) is 1.29. The number of phenols is 1. The van der Waals surface area contributed by atoms with Crippen molar-refractivity contribution in [3.63, 3.8) is 0 Å². The molecule has 0 bridgehead atoms. The van der Waals surface area contributed by atoms with Crippen LogP contribution in [0.25, 0.3) is 0 Å². The number of nitrogens with one attached hydrogen (secondary N) is 1. The smallest absolute Gasteiger partial charge is 0.260 e. The van der Waals surface area contributed by atoms with Crippen LogP contribution in [-0.2, 0) is 0 Å². The summed E-state index contributed by atoms with van der Waals surface area (Å²) in [6.45, 7) is 0. The topological polar surface area (TPSA) is 75.1 Å². The predicted molar refractivity (Wildman–Crippen MR) is 55.9 cm³/mol. The second-order valence-corrected chi connectivity index (χ2v) is 3.70. The van der Waals surface area contributed by atoms with Crippen molar-refractivity contribution < 1.29 is 14.3 Å². The van der Waals surface area contributed by atoms with Crippen LogP contribution in [0.5, 0.6) is 5.75 Å². The normalized spacial score (nSPS) is 10.1. The summed E-state index contributed by atoms with van der Waals surface area (Å²) in [4.78, 5) is 11.6. The maximum Gasteiger partial charge on any atom is 0.260 e. The third-order valence-corrected chi connectivity index (χ3v) is 2.38. The average molecular weight is 239 g/mol. The first kappa shape index (κ1) is 10.5. The van der Waals surface area contributed by atoms with Gasteiger partial charge in [0.1, 0.15) is 17.1 Å². The molecule has 2 aromatic rings. The molecule has 0 saturated heterocycles. The van der Waals surface area contributed by atoms with Gasteiger partial charge in [-0.05, 0) is 12.1 Å². The number of phenolic OH excluding ortho intramolecular Hbond substituents is 1. The number of hydrogen-bond donors (Lipinski definition) is 2. The quantitative estimate of drug-likeness (QED) is 0.835. The van der Waals surface area contributed by atoms with E-state index in [0.29, 0.717) is 0 Å². The highest BCUT2D eigenvalue weighted by molar-refractivity contribution is 7.13. The van der Waals surface area contributed by atoms with Crippen LogP contribution < -0.4 is 5.32 Å². The average Bonchev–Trinajstić information content (AvgIpc) is 2.70. The molecule has 2 rings (SSSR count). The van der Waals surface area contributed by atoms with E-state index in [1.165, 1.54) is 17.6 Å². The number of carbonyl (C=O) groups excluding carboxylic acids is 1. The van der Waals surface area contributed by atoms with E-state index in [4.69, 9.17) is 5.11 Å². The summed E-state index contributed by atoms with van der Waals surface area (Å²) in [5, 5.41) is 18.8. The molecule has 82 valence electrons. The van der Waals surface area contributed by atoms with Gasteiger partial charge in [-0.2, -0.15) is 0 Å². The molecule has 7 heteroatoms. The lowest BCUT2D eigenvalue weighted by atomic mass is 10.2. The van der Waals surface area contributed by atoms with Crippen molar-refractivity contribution >= 4 is 22.4 Å². The second kappa shape index (κ2) is 4.23. The van der Waals surface area contributed by atoms with E-state index in [-0.39, 0.29) is 16.4 Å². The van der Waals surface area contributed by atoms with Gasteiger partial charge in [-0.15, -0.1) is 10.2 Å². The lowest BCUT2D eigenvalue weighted by Gasteiger charge is -2.02. The van der Waals surface area contributed by atoms with Gasteiger partial charge in [-0.25, -0.2) is 4.39 Å². The number of hydrogen-bond acceptors (Lipinski definition) is 5. The summed E-state index contributed by atoms with van der Waals surface area (Å²) in [6.07, 6.45) is 0. The minimum absolute atomic E-state index is 0.159. The van der Waals surface area contributed by atoms with Crippen LogP contribution in [0.3, 0.4) is 0 Å². The molecule has 0 spiro atoms. The number of amides is 1. The van der Waals surface area contributed by atoms with Gasteiger partial charge < -0.3 is 5.11 Å². The second-order valence-electron chi connectivity index (χ2n) is 2.86. The van der Waals surface area contributed by atoms with Crippen LogP contribution in [0.2, 0.25) is 0 Å². The van der Waals surface area contributed by atoms with Crippen LogP contribution in [0.15, 0.2) is 23.7 Å². The Balaban J connectivity index is 2.21. The molecule has 1 aromatic carbocycles. The molecule has 2 N–H and O–H groups in total. The SMILES string of the molecule is O=C(Nc1nncs1)c1ccc(O)cc1F. The van der Waals surface area contributed by atoms with Crippen molar-refractivity contribution in [3.8, 4) is 5.75 Å². The highest BCUT2D eigenvalue weighted by Crippen LogP contribution is 2.17. The molecule has 0 aliphatic heterocycles. The Morgan fingerprint density at radius 2 is 2.31 bits per heavy atom. The molecule has 5 nitrogen and oxygen atoms in total. The largest absolute Gasteiger partial charge is 0.508 e. The first-order chi connectivity index (χ1) is 7.66. The molecule has 0 unspecified atom stereocenters. The molecule has 0 saturated carbocycles. The summed E-state index contributed by atoms with van der Waals surface area (Å²) >= 11 is 1.13. The van der Waals surface area contributed by atoms with E-state index in [9.17, 15) is 9.18 Å². The predicted octanol–water partition coefficient (Wildman–Crippen LogP) is 1.64. The number of aromatic hydroxyl groups is 1. The molecule has 0 aliphatic carbocycles. The fourth-order valence-corrected chi connectivity index (χ4v) is 1.52. The summed E-state index contributed by atoms with van der Waals surface area (Å²) in [6, 6.07) is 3.30. The van der Waals surface area contributed by atoms with E-state index in [0.717, 1.165) is 17.4 Å². The maximum absolute atomic E-state index is 13.3.